The van der Waals surface area contributed by atoms with Crippen LogP contribution in [-0.2, 0) is 19.1 Å². The normalized spacial score (nSPS) is 42.1. The van der Waals surface area contributed by atoms with Gasteiger partial charge >= 0.3 is 11.9 Å². The third kappa shape index (κ3) is 3.86. The number of esters is 2. The van der Waals surface area contributed by atoms with Gasteiger partial charge in [-0.1, -0.05) is 40.3 Å². The maximum absolute atomic E-state index is 11.6. The summed E-state index contributed by atoms with van der Waals surface area (Å²) in [4.78, 5) is 23.1. The SMILES string of the molecule is C=C(C)C(=O)OC1CC2(C)CCC1C2(C)C.C=C(C)C(=O)OC1CC2CC1C1CCCC21. The molecule has 5 aliphatic carbocycles. The summed E-state index contributed by atoms with van der Waals surface area (Å²) in [5, 5.41) is 0. The molecule has 8 unspecified atom stereocenters. The number of ether oxygens (including phenoxy) is 2. The van der Waals surface area contributed by atoms with Crippen molar-refractivity contribution in [3.05, 3.63) is 24.3 Å². The Bertz CT molecular complexity index is 807. The Morgan fingerprint density at radius 1 is 0.812 bits per heavy atom. The monoisotopic (exact) mass is 442 g/mol. The van der Waals surface area contributed by atoms with Crippen LogP contribution in [0.5, 0.6) is 0 Å². The van der Waals surface area contributed by atoms with Crippen molar-refractivity contribution in [2.45, 2.75) is 98.2 Å². The van der Waals surface area contributed by atoms with Gasteiger partial charge in [-0.15, -0.1) is 0 Å². The van der Waals surface area contributed by atoms with Gasteiger partial charge in [-0.2, -0.15) is 0 Å². The van der Waals surface area contributed by atoms with Crippen molar-refractivity contribution in [3.8, 4) is 0 Å². The Morgan fingerprint density at radius 2 is 1.41 bits per heavy atom. The number of carbonyl (C=O) groups is 2. The van der Waals surface area contributed by atoms with Gasteiger partial charge in [0.05, 0.1) is 0 Å². The molecule has 0 N–H and O–H groups in total. The van der Waals surface area contributed by atoms with Crippen molar-refractivity contribution < 1.29 is 19.1 Å². The van der Waals surface area contributed by atoms with Gasteiger partial charge < -0.3 is 9.47 Å². The third-order valence-electron chi connectivity index (χ3n) is 10.2. The van der Waals surface area contributed by atoms with E-state index < -0.39 is 0 Å². The fourth-order valence-electron chi connectivity index (χ4n) is 7.95. The molecule has 4 bridgehead atoms. The predicted octanol–water partition coefficient (Wildman–Crippen LogP) is 6.25. The smallest absolute Gasteiger partial charge is 0.333 e. The molecule has 0 amide bonds. The minimum Gasteiger partial charge on any atom is -0.459 e. The molecule has 0 aromatic heterocycles. The van der Waals surface area contributed by atoms with Gasteiger partial charge in [0.2, 0.25) is 0 Å². The molecule has 0 heterocycles. The van der Waals surface area contributed by atoms with E-state index in [1.54, 1.807) is 13.8 Å². The third-order valence-corrected chi connectivity index (χ3v) is 10.2. The minimum absolute atomic E-state index is 0.109. The van der Waals surface area contributed by atoms with Gasteiger partial charge in [-0.05, 0) is 93.3 Å². The maximum Gasteiger partial charge on any atom is 0.333 e. The van der Waals surface area contributed by atoms with Crippen LogP contribution in [0.4, 0.5) is 0 Å². The summed E-state index contributed by atoms with van der Waals surface area (Å²) in [6.07, 6.45) is 10.4. The van der Waals surface area contributed by atoms with E-state index in [4.69, 9.17) is 9.47 Å². The van der Waals surface area contributed by atoms with Gasteiger partial charge in [0.25, 0.3) is 0 Å². The van der Waals surface area contributed by atoms with Crippen molar-refractivity contribution in [1.82, 2.24) is 0 Å². The average Bonchev–Trinajstić information content (AvgIpc) is 3.47. The van der Waals surface area contributed by atoms with E-state index in [1.165, 1.54) is 38.5 Å². The Labute approximate surface area is 194 Å². The highest BCUT2D eigenvalue weighted by atomic mass is 16.5. The van der Waals surface area contributed by atoms with Crippen LogP contribution in [0.25, 0.3) is 0 Å². The number of rotatable bonds is 4. The number of hydrogen-bond donors (Lipinski definition) is 0. The second kappa shape index (κ2) is 8.33. The molecule has 4 nitrogen and oxygen atoms in total. The van der Waals surface area contributed by atoms with Gasteiger partial charge in [0, 0.05) is 17.1 Å². The summed E-state index contributed by atoms with van der Waals surface area (Å²) in [6, 6.07) is 0. The van der Waals surface area contributed by atoms with E-state index in [-0.39, 0.29) is 24.1 Å². The Hall–Kier alpha value is -1.58. The van der Waals surface area contributed by atoms with E-state index >= 15 is 0 Å². The summed E-state index contributed by atoms with van der Waals surface area (Å²) in [5.41, 5.74) is 1.68. The van der Waals surface area contributed by atoms with Crippen LogP contribution < -0.4 is 0 Å². The lowest BCUT2D eigenvalue weighted by molar-refractivity contribution is -0.148. The van der Waals surface area contributed by atoms with Crippen LogP contribution in [0.3, 0.4) is 0 Å². The lowest BCUT2D eigenvalue weighted by atomic mass is 9.71. The molecule has 0 aliphatic heterocycles. The Morgan fingerprint density at radius 3 is 1.94 bits per heavy atom. The quantitative estimate of drug-likeness (QED) is 0.381. The van der Waals surface area contributed by atoms with Crippen LogP contribution in [0.1, 0.15) is 86.0 Å². The molecule has 0 saturated heterocycles. The molecule has 0 radical (unpaired) electrons. The molecule has 0 aromatic carbocycles. The lowest BCUT2D eigenvalue weighted by Crippen LogP contribution is -2.32. The van der Waals surface area contributed by atoms with Gasteiger partial charge in [0.15, 0.2) is 0 Å². The zero-order valence-corrected chi connectivity index (χ0v) is 20.7. The van der Waals surface area contributed by atoms with Crippen molar-refractivity contribution in [2.75, 3.05) is 0 Å². The molecule has 5 fully saturated rings. The fraction of sp³-hybridized carbons (Fsp3) is 0.786. The largest absolute Gasteiger partial charge is 0.459 e. The van der Waals surface area contributed by atoms with E-state index in [0.29, 0.717) is 33.8 Å². The second-order valence-electron chi connectivity index (χ2n) is 12.2. The van der Waals surface area contributed by atoms with Crippen molar-refractivity contribution >= 4 is 11.9 Å². The number of hydrogen-bond acceptors (Lipinski definition) is 4. The average molecular weight is 443 g/mol. The highest BCUT2D eigenvalue weighted by molar-refractivity contribution is 5.87. The van der Waals surface area contributed by atoms with E-state index in [2.05, 4.69) is 33.9 Å². The summed E-state index contributed by atoms with van der Waals surface area (Å²) >= 11 is 0. The summed E-state index contributed by atoms with van der Waals surface area (Å²) in [7, 11) is 0. The molecule has 0 spiro atoms. The maximum atomic E-state index is 11.6. The molecule has 5 saturated carbocycles. The second-order valence-corrected chi connectivity index (χ2v) is 12.2. The van der Waals surface area contributed by atoms with Crippen LogP contribution in [0.15, 0.2) is 24.3 Å². The zero-order valence-electron chi connectivity index (χ0n) is 20.7. The Kier molecular flexibility index (Phi) is 6.13. The van der Waals surface area contributed by atoms with Crippen molar-refractivity contribution in [1.29, 1.82) is 0 Å². The topological polar surface area (TPSA) is 52.6 Å². The molecule has 5 aliphatic rings. The highest BCUT2D eigenvalue weighted by Crippen LogP contribution is 2.66. The first kappa shape index (κ1) is 23.6. The molecule has 8 atom stereocenters. The van der Waals surface area contributed by atoms with Crippen LogP contribution >= 0.6 is 0 Å². The minimum atomic E-state index is -0.225. The molecule has 32 heavy (non-hydrogen) atoms. The fourth-order valence-corrected chi connectivity index (χ4v) is 7.95. The van der Waals surface area contributed by atoms with Crippen LogP contribution in [-0.4, -0.2) is 24.1 Å². The Balaban J connectivity index is 0.000000153. The van der Waals surface area contributed by atoms with Crippen molar-refractivity contribution in [2.24, 2.45) is 40.4 Å². The molecular weight excluding hydrogens is 400 g/mol. The molecule has 0 aromatic rings. The van der Waals surface area contributed by atoms with E-state index in [0.717, 1.165) is 30.6 Å². The first-order chi connectivity index (χ1) is 14.9. The van der Waals surface area contributed by atoms with Gasteiger partial charge in [-0.25, -0.2) is 9.59 Å². The highest BCUT2D eigenvalue weighted by Gasteiger charge is 2.61. The summed E-state index contributed by atoms with van der Waals surface area (Å²) in [6.45, 7) is 17.7. The molecule has 4 heteroatoms. The van der Waals surface area contributed by atoms with Crippen LogP contribution in [0, 0.1) is 40.4 Å². The molecule has 178 valence electrons. The van der Waals surface area contributed by atoms with Crippen LogP contribution in [0.2, 0.25) is 0 Å². The summed E-state index contributed by atoms with van der Waals surface area (Å²) < 4.78 is 11.1. The molecule has 5 rings (SSSR count). The lowest BCUT2D eigenvalue weighted by Gasteiger charge is -2.33. The van der Waals surface area contributed by atoms with E-state index in [1.807, 2.05) is 0 Å². The van der Waals surface area contributed by atoms with Gasteiger partial charge in [-0.3, -0.25) is 0 Å². The summed E-state index contributed by atoms with van der Waals surface area (Å²) in [5.74, 6) is 3.46. The predicted molar refractivity (Wildman–Crippen MR) is 126 cm³/mol. The standard InChI is InChI=1S/C14H20O2.C14H22O2/c1-8(2)14(15)16-13-7-9-6-12(13)11-5-3-4-10(9)11;1-9(2)12(15)16-11-8-14(5)7-6-10(11)13(14,3)4/h9-13H,1,3-7H2,2H3;10-11H,1,6-8H2,2-5H3. The molecular formula is C28H42O4. The number of fused-ring (bicyclic) bond motifs is 7. The first-order valence-electron chi connectivity index (χ1n) is 12.7. The number of carbonyl (C=O) groups excluding carboxylic acids is 2. The van der Waals surface area contributed by atoms with Gasteiger partial charge in [0.1, 0.15) is 12.2 Å². The van der Waals surface area contributed by atoms with Crippen molar-refractivity contribution in [3.63, 3.8) is 0 Å². The first-order valence-corrected chi connectivity index (χ1v) is 12.7. The van der Waals surface area contributed by atoms with E-state index in [9.17, 15) is 9.59 Å². The zero-order chi connectivity index (χ0) is 23.4.